The summed E-state index contributed by atoms with van der Waals surface area (Å²) in [6.07, 6.45) is 0. The van der Waals surface area contributed by atoms with Crippen LogP contribution in [0, 0.1) is 6.92 Å². The normalized spacial score (nSPS) is 17.5. The van der Waals surface area contributed by atoms with Gasteiger partial charge in [-0.3, -0.25) is 24.5 Å². The first-order valence-corrected chi connectivity index (χ1v) is 22.5. The van der Waals surface area contributed by atoms with Gasteiger partial charge in [-0.25, -0.2) is 20.2 Å². The fourth-order valence-corrected chi connectivity index (χ4v) is 10.7. The van der Waals surface area contributed by atoms with Crippen molar-refractivity contribution >= 4 is 98.4 Å². The molecule has 2 atom stereocenters. The second-order valence-corrected chi connectivity index (χ2v) is 17.8. The number of hydrogen-bond donors (Lipinski definition) is 5. The van der Waals surface area contributed by atoms with Crippen LogP contribution in [0.25, 0.3) is 5.78 Å². The number of oxime groups is 1. The monoisotopic (exact) mass is 960 g/mol. The SMILES string of the molecule is Cc1cc(SCC2=C(C(=O)O)N3C(=O)[C@@H](NC(=O)C(=NOCc4cc(Cl)c5c(c4Cl)OC(c4ccccc4)(c4ccccc4)O5)c4csc(N)n4)[C@H]3SC2)n2nc(C(=O)NO)nc2n1. The second kappa shape index (κ2) is 17.3. The number of amides is 3. The number of nitrogen functional groups attached to an aromatic ring is 1. The Bertz CT molecular complexity index is 2910. The van der Waals surface area contributed by atoms with Gasteiger partial charge in [0.05, 0.1) is 10.0 Å². The number of carbonyl (C=O) groups excluding carboxylic acids is 3. The maximum atomic E-state index is 13.9. The van der Waals surface area contributed by atoms with Crippen LogP contribution in [-0.2, 0) is 31.6 Å². The van der Waals surface area contributed by atoms with Crippen molar-refractivity contribution in [3.63, 3.8) is 0 Å². The van der Waals surface area contributed by atoms with Crippen molar-refractivity contribution < 1.29 is 43.8 Å². The standard InChI is InChI=1S/C40H30Cl2N10O9S3/c1-18-12-25(52-39(44-18)47-32(48-52)34(54)49-58)62-15-20-16-63-36-28(35(55)51(36)29(20)37(56)57)46-33(53)27(24-17-64-38(43)45-24)50-59-14-19-13-23(41)30-31(26(19)42)61-40(60-30,21-8-4-2-5-9-21)22-10-6-3-7-11-22/h2-13,17,28,36,58H,14-16H2,1H3,(H2,43,45)(H,46,53)(H,49,54)(H,56,57)/t28-,36-/m1/s1. The lowest BCUT2D eigenvalue weighted by atomic mass is 9.97. The number of carboxylic acid groups (broad SMARTS) is 1. The summed E-state index contributed by atoms with van der Waals surface area (Å²) in [4.78, 5) is 71.5. The largest absolute Gasteiger partial charge is 0.477 e. The van der Waals surface area contributed by atoms with Gasteiger partial charge in [0.15, 0.2) is 22.3 Å². The average molecular weight is 962 g/mol. The van der Waals surface area contributed by atoms with Crippen LogP contribution in [-0.4, -0.2) is 92.1 Å². The van der Waals surface area contributed by atoms with Gasteiger partial charge in [0.25, 0.3) is 17.6 Å². The number of carbonyl (C=O) groups is 4. The molecule has 1 saturated heterocycles. The van der Waals surface area contributed by atoms with Crippen LogP contribution >= 0.6 is 58.1 Å². The minimum Gasteiger partial charge on any atom is -0.477 e. The zero-order valence-electron chi connectivity index (χ0n) is 32.7. The van der Waals surface area contributed by atoms with E-state index >= 15 is 0 Å². The van der Waals surface area contributed by atoms with Crippen molar-refractivity contribution in [2.75, 3.05) is 17.2 Å². The number of thiazole rings is 1. The Labute approximate surface area is 383 Å². The molecule has 0 unspecified atom stereocenters. The number of carboxylic acids is 1. The molecule has 19 nitrogen and oxygen atoms in total. The van der Waals surface area contributed by atoms with E-state index in [9.17, 15) is 24.3 Å². The zero-order valence-corrected chi connectivity index (χ0v) is 36.7. The molecule has 3 aliphatic rings. The second-order valence-electron chi connectivity index (χ2n) is 14.1. The van der Waals surface area contributed by atoms with Crippen LogP contribution in [0.15, 0.2) is 99.6 Å². The first kappa shape index (κ1) is 42.9. The van der Waals surface area contributed by atoms with E-state index in [1.807, 2.05) is 60.7 Å². The van der Waals surface area contributed by atoms with Gasteiger partial charge in [-0.1, -0.05) is 89.0 Å². The molecule has 3 aromatic carbocycles. The number of halogens is 2. The quantitative estimate of drug-likeness (QED) is 0.0254. The molecule has 9 rings (SSSR count). The summed E-state index contributed by atoms with van der Waals surface area (Å²) in [6.45, 7) is 1.41. The molecular formula is C40H30Cl2N10O9S3. The predicted molar refractivity (Wildman–Crippen MR) is 234 cm³/mol. The smallest absolute Gasteiger partial charge is 0.352 e. The minimum absolute atomic E-state index is 0.0626. The van der Waals surface area contributed by atoms with Crippen molar-refractivity contribution in [2.24, 2.45) is 5.16 Å². The summed E-state index contributed by atoms with van der Waals surface area (Å²) in [5.41, 5.74) is 9.62. The van der Waals surface area contributed by atoms with Gasteiger partial charge in [-0.15, -0.1) is 40.0 Å². The summed E-state index contributed by atoms with van der Waals surface area (Å²) in [5.74, 6) is -4.70. The van der Waals surface area contributed by atoms with Gasteiger partial charge >= 0.3 is 17.7 Å². The molecule has 0 aliphatic carbocycles. The highest BCUT2D eigenvalue weighted by Gasteiger charge is 2.54. The number of thioether (sulfide) groups is 2. The van der Waals surface area contributed by atoms with E-state index in [4.69, 9.17) is 48.5 Å². The van der Waals surface area contributed by atoms with Crippen molar-refractivity contribution in [3.8, 4) is 11.5 Å². The average Bonchev–Trinajstić information content (AvgIpc) is 4.05. The number of nitrogens with two attached hydrogens (primary N) is 1. The summed E-state index contributed by atoms with van der Waals surface area (Å²) >= 11 is 17.2. The van der Waals surface area contributed by atoms with Gasteiger partial charge in [0.1, 0.15) is 34.4 Å². The number of aromatic nitrogens is 5. The number of β-lactam (4-membered cyclic amide) rings is 1. The molecule has 64 heavy (non-hydrogen) atoms. The van der Waals surface area contributed by atoms with Crippen LogP contribution in [0.4, 0.5) is 5.13 Å². The molecule has 0 radical (unpaired) electrons. The zero-order chi connectivity index (χ0) is 44.9. The number of aliphatic carboxylic acids is 1. The Morgan fingerprint density at radius 2 is 1.75 bits per heavy atom. The Morgan fingerprint density at radius 3 is 2.41 bits per heavy atom. The third-order valence-corrected chi connectivity index (χ3v) is 13.8. The number of nitrogens with one attached hydrogen (secondary N) is 2. The lowest BCUT2D eigenvalue weighted by Gasteiger charge is -2.49. The number of anilines is 1. The molecule has 6 aromatic rings. The number of rotatable bonds is 13. The molecule has 326 valence electrons. The Morgan fingerprint density at radius 1 is 1.05 bits per heavy atom. The highest BCUT2D eigenvalue weighted by molar-refractivity contribution is 8.01. The van der Waals surface area contributed by atoms with E-state index in [0.717, 1.165) is 16.2 Å². The van der Waals surface area contributed by atoms with Crippen LogP contribution in [0.5, 0.6) is 11.5 Å². The van der Waals surface area contributed by atoms with Gasteiger partial charge in [-0.2, -0.15) is 9.50 Å². The third-order valence-electron chi connectivity index (χ3n) is 10.0. The summed E-state index contributed by atoms with van der Waals surface area (Å²) in [6, 6.07) is 20.7. The maximum Gasteiger partial charge on any atom is 0.352 e. The molecule has 3 aliphatic heterocycles. The van der Waals surface area contributed by atoms with Crippen molar-refractivity contribution in [2.45, 2.75) is 35.8 Å². The molecule has 6 N–H and O–H groups in total. The Hall–Kier alpha value is -6.43. The van der Waals surface area contributed by atoms with Crippen LogP contribution in [0.2, 0.25) is 10.0 Å². The number of fused-ring (bicyclic) bond motifs is 3. The van der Waals surface area contributed by atoms with E-state index in [0.29, 0.717) is 33.0 Å². The van der Waals surface area contributed by atoms with E-state index in [-0.39, 0.29) is 73.5 Å². The molecule has 6 heterocycles. The molecule has 24 heteroatoms. The molecular weight excluding hydrogens is 932 g/mol. The molecule has 3 amide bonds. The first-order chi connectivity index (χ1) is 30.9. The maximum absolute atomic E-state index is 13.9. The topological polar surface area (TPSA) is 258 Å². The summed E-state index contributed by atoms with van der Waals surface area (Å²) in [7, 11) is 0. The summed E-state index contributed by atoms with van der Waals surface area (Å²) in [5, 5.41) is 31.9. The molecule has 3 aromatic heterocycles. The van der Waals surface area contributed by atoms with Gasteiger partial charge in [-0.05, 0) is 24.6 Å². The lowest BCUT2D eigenvalue weighted by Crippen LogP contribution is -2.71. The number of hydrogen-bond acceptors (Lipinski definition) is 17. The molecule has 0 bridgehead atoms. The van der Waals surface area contributed by atoms with E-state index in [2.05, 4.69) is 30.5 Å². The number of hydroxylamine groups is 1. The van der Waals surface area contributed by atoms with Crippen LogP contribution in [0.1, 0.15) is 38.7 Å². The Kier molecular flexibility index (Phi) is 11.6. The van der Waals surface area contributed by atoms with E-state index in [1.54, 1.807) is 19.1 Å². The lowest BCUT2D eigenvalue weighted by molar-refractivity contribution is -0.150. The third kappa shape index (κ3) is 7.70. The van der Waals surface area contributed by atoms with Crippen molar-refractivity contribution in [1.82, 2.24) is 40.3 Å². The fourth-order valence-electron chi connectivity index (χ4n) is 7.09. The van der Waals surface area contributed by atoms with Crippen molar-refractivity contribution in [1.29, 1.82) is 0 Å². The first-order valence-electron chi connectivity index (χ1n) is 18.8. The number of aryl methyl sites for hydroxylation is 1. The molecule has 0 saturated carbocycles. The van der Waals surface area contributed by atoms with Gasteiger partial charge in [0.2, 0.25) is 5.82 Å². The predicted octanol–water partition coefficient (Wildman–Crippen LogP) is 5.02. The number of benzene rings is 3. The minimum atomic E-state index is -1.41. The number of ether oxygens (including phenoxy) is 2. The highest BCUT2D eigenvalue weighted by atomic mass is 35.5. The van der Waals surface area contributed by atoms with Crippen LogP contribution in [0.3, 0.4) is 0 Å². The molecule has 1 fully saturated rings. The van der Waals surface area contributed by atoms with Crippen molar-refractivity contribution in [3.05, 3.63) is 133 Å². The van der Waals surface area contributed by atoms with E-state index < -0.39 is 40.9 Å². The fraction of sp³-hybridized carbons (Fsp3) is 0.175. The summed E-state index contributed by atoms with van der Waals surface area (Å²) < 4.78 is 14.3. The Balaban J connectivity index is 0.919. The molecule has 0 spiro atoms. The number of nitrogens with zero attached hydrogens (tertiary/aromatic N) is 7. The van der Waals surface area contributed by atoms with E-state index in [1.165, 1.54) is 38.9 Å². The van der Waals surface area contributed by atoms with Crippen LogP contribution < -0.4 is 26.0 Å². The highest BCUT2D eigenvalue weighted by Crippen LogP contribution is 2.55. The van der Waals surface area contributed by atoms with Gasteiger partial charge in [0, 0.05) is 39.3 Å². The van der Waals surface area contributed by atoms with Gasteiger partial charge < -0.3 is 30.5 Å².